The van der Waals surface area contributed by atoms with Crippen molar-refractivity contribution in [2.24, 2.45) is 34.5 Å². The Morgan fingerprint density at radius 2 is 1.79 bits per heavy atom. The highest BCUT2D eigenvalue weighted by Crippen LogP contribution is 2.70. The Bertz CT molecular complexity index is 968. The molecule has 0 spiro atoms. The number of esters is 1. The van der Waals surface area contributed by atoms with Crippen LogP contribution in [0, 0.1) is 34.5 Å². The molecule has 0 unspecified atom stereocenters. The van der Waals surface area contributed by atoms with Gasteiger partial charge in [0.05, 0.1) is 17.8 Å². The molecule has 8 heteroatoms. The molecule has 5 fully saturated rings. The monoisotopic (exact) mass is 534 g/mol. The fourth-order valence-electron chi connectivity index (χ4n) is 10.1. The zero-order valence-corrected chi connectivity index (χ0v) is 23.3. The lowest BCUT2D eigenvalue weighted by Gasteiger charge is -2.64. The third-order valence-electron chi connectivity index (χ3n) is 12.3. The Hall–Kier alpha value is -1.03. The molecule has 1 saturated heterocycles. The van der Waals surface area contributed by atoms with Gasteiger partial charge in [0.25, 0.3) is 0 Å². The number of rotatable bonds is 4. The maximum Gasteiger partial charge on any atom is 0.331 e. The van der Waals surface area contributed by atoms with Crippen LogP contribution in [0.3, 0.4) is 0 Å². The summed E-state index contributed by atoms with van der Waals surface area (Å²) in [6.07, 6.45) is 6.45. The highest BCUT2D eigenvalue weighted by Gasteiger charge is 2.67. The lowest BCUT2D eigenvalue weighted by atomic mass is 9.43. The van der Waals surface area contributed by atoms with Gasteiger partial charge in [0.1, 0.15) is 24.9 Å². The highest BCUT2D eigenvalue weighted by atomic mass is 16.7. The number of cyclic esters (lactones) is 1. The predicted molar refractivity (Wildman–Crippen MR) is 138 cm³/mol. The highest BCUT2D eigenvalue weighted by molar-refractivity contribution is 5.85. The topological polar surface area (TPSA) is 115 Å². The summed E-state index contributed by atoms with van der Waals surface area (Å²) in [6, 6.07) is 0. The molecule has 2 aliphatic heterocycles. The van der Waals surface area contributed by atoms with E-state index in [2.05, 4.69) is 13.8 Å². The lowest BCUT2D eigenvalue weighted by molar-refractivity contribution is -0.313. The fraction of sp³-hybridized carbons (Fsp3) is 0.900. The first kappa shape index (κ1) is 27.2. The van der Waals surface area contributed by atoms with Crippen LogP contribution in [0.1, 0.15) is 78.6 Å². The van der Waals surface area contributed by atoms with Gasteiger partial charge in [-0.2, -0.15) is 0 Å². The van der Waals surface area contributed by atoms with E-state index in [4.69, 9.17) is 18.9 Å². The largest absolute Gasteiger partial charge is 0.458 e. The third-order valence-corrected chi connectivity index (χ3v) is 12.3. The van der Waals surface area contributed by atoms with Gasteiger partial charge in [0, 0.05) is 18.6 Å². The second-order valence-electron chi connectivity index (χ2n) is 13.7. The Balaban J connectivity index is 1.16. The Morgan fingerprint density at radius 3 is 2.50 bits per heavy atom. The van der Waals surface area contributed by atoms with Crippen molar-refractivity contribution in [1.29, 1.82) is 0 Å². The van der Waals surface area contributed by atoms with Crippen molar-refractivity contribution >= 4 is 5.97 Å². The van der Waals surface area contributed by atoms with Crippen LogP contribution in [0.2, 0.25) is 0 Å². The van der Waals surface area contributed by atoms with Crippen LogP contribution in [0.5, 0.6) is 0 Å². The first-order chi connectivity index (χ1) is 18.0. The minimum atomic E-state index is -1.04. The molecular formula is C30H46O8. The van der Waals surface area contributed by atoms with Gasteiger partial charge in [0.15, 0.2) is 6.29 Å². The fourth-order valence-corrected chi connectivity index (χ4v) is 10.1. The van der Waals surface area contributed by atoms with E-state index in [1.807, 2.05) is 0 Å². The first-order valence-electron chi connectivity index (χ1n) is 14.8. The van der Waals surface area contributed by atoms with Crippen molar-refractivity contribution in [2.75, 3.05) is 13.7 Å². The zero-order valence-electron chi connectivity index (χ0n) is 23.3. The van der Waals surface area contributed by atoms with Crippen molar-refractivity contribution in [1.82, 2.24) is 0 Å². The molecule has 0 aromatic rings. The van der Waals surface area contributed by atoms with Gasteiger partial charge in [-0.05, 0) is 99.4 Å². The number of carbonyl (C=O) groups is 1. The molecule has 0 aromatic heterocycles. The lowest BCUT2D eigenvalue weighted by Crippen LogP contribution is -2.62. The van der Waals surface area contributed by atoms with Gasteiger partial charge in [-0.25, -0.2) is 4.79 Å². The molecule has 8 nitrogen and oxygen atoms in total. The zero-order chi connectivity index (χ0) is 27.0. The van der Waals surface area contributed by atoms with Gasteiger partial charge in [0.2, 0.25) is 0 Å². The molecule has 0 aromatic carbocycles. The number of hydrogen-bond donors (Lipinski definition) is 3. The first-order valence-corrected chi connectivity index (χ1v) is 14.8. The van der Waals surface area contributed by atoms with Crippen LogP contribution in [0.4, 0.5) is 0 Å². The minimum Gasteiger partial charge on any atom is -0.458 e. The summed E-state index contributed by atoms with van der Waals surface area (Å²) >= 11 is 0. The number of aliphatic hydroxyl groups is 3. The molecule has 3 N–H and O–H groups in total. The van der Waals surface area contributed by atoms with Gasteiger partial charge >= 0.3 is 5.97 Å². The van der Waals surface area contributed by atoms with Crippen molar-refractivity contribution in [3.63, 3.8) is 0 Å². The molecule has 4 aliphatic carbocycles. The molecule has 6 rings (SSSR count). The summed E-state index contributed by atoms with van der Waals surface area (Å²) in [6.45, 7) is 6.87. The van der Waals surface area contributed by atoms with Crippen molar-refractivity contribution in [3.05, 3.63) is 11.6 Å². The molecule has 38 heavy (non-hydrogen) atoms. The van der Waals surface area contributed by atoms with Gasteiger partial charge in [-0.15, -0.1) is 0 Å². The summed E-state index contributed by atoms with van der Waals surface area (Å²) in [5.74, 6) is 1.22. The normalized spacial score (nSPS) is 54.5. The maximum atomic E-state index is 12.4. The molecule has 6 aliphatic rings. The standard InChI is InChI=1S/C30H46O8/c1-16-24(32)26(35-4)25(33)27(37-16)38-19-7-10-28(2)18(14-19)5-6-22-21(28)8-11-29(3)20(9-12-30(22,29)34)17-13-23(31)36-15-17/h13,16,18-22,24-27,32-34H,5-12,14-15H2,1-4H3/t16-,18+,19-,20+,21-,22+,24-,25-,26-,27-,28-,29+,30-/m0/s1. The molecule has 0 amide bonds. The van der Waals surface area contributed by atoms with Gasteiger partial charge in [-0.1, -0.05) is 13.8 Å². The molecule has 214 valence electrons. The summed E-state index contributed by atoms with van der Waals surface area (Å²) in [5, 5.41) is 33.5. The number of ether oxygens (including phenoxy) is 4. The summed E-state index contributed by atoms with van der Waals surface area (Å²) in [7, 11) is 1.49. The van der Waals surface area contributed by atoms with E-state index in [1.165, 1.54) is 7.11 Å². The van der Waals surface area contributed by atoms with E-state index in [-0.39, 0.29) is 34.7 Å². The van der Waals surface area contributed by atoms with Gasteiger partial charge in [-0.3, -0.25) is 0 Å². The quantitative estimate of drug-likeness (QED) is 0.372. The van der Waals surface area contributed by atoms with Crippen LogP contribution in [0.15, 0.2) is 11.6 Å². The van der Waals surface area contributed by atoms with Crippen LogP contribution < -0.4 is 0 Å². The molecule has 13 atom stereocenters. The summed E-state index contributed by atoms with van der Waals surface area (Å²) in [5.41, 5.74) is 0.300. The Morgan fingerprint density at radius 1 is 1.00 bits per heavy atom. The van der Waals surface area contributed by atoms with E-state index in [9.17, 15) is 20.1 Å². The smallest absolute Gasteiger partial charge is 0.331 e. The van der Waals surface area contributed by atoms with E-state index in [1.54, 1.807) is 13.0 Å². The SMILES string of the molecule is CO[C@@H]1[C@H](O)[C@H](O[C@H]2CC[C@@]3(C)[C@H](CC[C@@H]4[C@@H]3CC[C@]3(C)[C@@H](C5=CC(=O)OC5)CC[C@]43O)C2)O[C@@H](C)[C@@H]1O. The second-order valence-corrected chi connectivity index (χ2v) is 13.7. The summed E-state index contributed by atoms with van der Waals surface area (Å²) < 4.78 is 22.8. The minimum absolute atomic E-state index is 0.0103. The number of fused-ring (bicyclic) bond motifs is 5. The average molecular weight is 535 g/mol. The van der Waals surface area contributed by atoms with E-state index >= 15 is 0 Å². The van der Waals surface area contributed by atoms with E-state index in [0.29, 0.717) is 18.4 Å². The van der Waals surface area contributed by atoms with Crippen LogP contribution in [-0.2, 0) is 23.7 Å². The van der Waals surface area contributed by atoms with Crippen LogP contribution in [-0.4, -0.2) is 77.4 Å². The van der Waals surface area contributed by atoms with E-state index in [0.717, 1.165) is 63.4 Å². The summed E-state index contributed by atoms with van der Waals surface area (Å²) in [4.78, 5) is 11.8. The second kappa shape index (κ2) is 9.52. The molecule has 0 radical (unpaired) electrons. The third kappa shape index (κ3) is 3.88. The molecule has 2 heterocycles. The van der Waals surface area contributed by atoms with Crippen LogP contribution in [0.25, 0.3) is 0 Å². The number of aliphatic hydroxyl groups excluding tert-OH is 2. The van der Waals surface area contributed by atoms with Gasteiger partial charge < -0.3 is 34.3 Å². The number of methoxy groups -OCH3 is 1. The average Bonchev–Trinajstić information content (AvgIpc) is 3.43. The van der Waals surface area contributed by atoms with Crippen molar-refractivity contribution in [3.8, 4) is 0 Å². The van der Waals surface area contributed by atoms with E-state index < -0.39 is 36.3 Å². The molecule has 4 saturated carbocycles. The van der Waals surface area contributed by atoms with Crippen LogP contribution >= 0.6 is 0 Å². The number of carbonyl (C=O) groups excluding carboxylic acids is 1. The maximum absolute atomic E-state index is 12.4. The Labute approximate surface area is 226 Å². The predicted octanol–water partition coefficient (Wildman–Crippen LogP) is 3.11. The molecular weight excluding hydrogens is 488 g/mol. The van der Waals surface area contributed by atoms with Crippen molar-refractivity contribution < 1.29 is 39.1 Å². The van der Waals surface area contributed by atoms with Crippen molar-refractivity contribution in [2.45, 2.75) is 121 Å². The number of hydrogen-bond acceptors (Lipinski definition) is 8. The molecule has 0 bridgehead atoms. The Kier molecular flexibility index (Phi) is 6.80.